The summed E-state index contributed by atoms with van der Waals surface area (Å²) in [4.78, 5) is 2.26. The van der Waals surface area contributed by atoms with Crippen LogP contribution in [0.1, 0.15) is 12.8 Å². The monoisotopic (exact) mass is 265 g/mol. The average Bonchev–Trinajstić information content (AvgIpc) is 2.44. The number of hydrogen-bond acceptors (Lipinski definition) is 4. The number of ether oxygens (including phenoxy) is 2. The molecule has 0 spiro atoms. The van der Waals surface area contributed by atoms with Gasteiger partial charge in [0.05, 0.1) is 19.3 Å². The van der Waals surface area contributed by atoms with Crippen LogP contribution in [0.5, 0.6) is 5.75 Å². The molecule has 4 nitrogen and oxygen atoms in total. The van der Waals surface area contributed by atoms with E-state index in [1.807, 2.05) is 30.3 Å². The molecule has 1 heterocycles. The molecule has 1 aliphatic rings. The van der Waals surface area contributed by atoms with E-state index in [1.165, 1.54) is 0 Å². The molecule has 1 atom stereocenters. The lowest BCUT2D eigenvalue weighted by molar-refractivity contribution is 0.0387. The van der Waals surface area contributed by atoms with E-state index in [0.717, 1.165) is 38.2 Å². The van der Waals surface area contributed by atoms with E-state index in [2.05, 4.69) is 4.90 Å². The number of nitrogens with zero attached hydrogens (tertiary/aromatic N) is 1. The van der Waals surface area contributed by atoms with Crippen LogP contribution in [0.25, 0.3) is 0 Å². The van der Waals surface area contributed by atoms with Crippen LogP contribution in [-0.2, 0) is 4.74 Å². The zero-order chi connectivity index (χ0) is 13.3. The molecule has 19 heavy (non-hydrogen) atoms. The van der Waals surface area contributed by atoms with Gasteiger partial charge < -0.3 is 14.6 Å². The zero-order valence-corrected chi connectivity index (χ0v) is 11.3. The highest BCUT2D eigenvalue weighted by Crippen LogP contribution is 2.09. The van der Waals surface area contributed by atoms with Crippen molar-refractivity contribution in [3.63, 3.8) is 0 Å². The number of likely N-dealkylation sites (tertiary alicyclic amines) is 1. The topological polar surface area (TPSA) is 41.9 Å². The van der Waals surface area contributed by atoms with Gasteiger partial charge in [0.2, 0.25) is 0 Å². The maximum atomic E-state index is 9.54. The summed E-state index contributed by atoms with van der Waals surface area (Å²) in [7, 11) is 0. The molecule has 1 aromatic rings. The smallest absolute Gasteiger partial charge is 0.119 e. The summed E-state index contributed by atoms with van der Waals surface area (Å²) >= 11 is 0. The van der Waals surface area contributed by atoms with Crippen LogP contribution < -0.4 is 4.74 Å². The van der Waals surface area contributed by atoms with Gasteiger partial charge in [-0.2, -0.15) is 0 Å². The summed E-state index contributed by atoms with van der Waals surface area (Å²) in [6.07, 6.45) is 1.86. The fourth-order valence-electron chi connectivity index (χ4n) is 2.27. The van der Waals surface area contributed by atoms with E-state index in [9.17, 15) is 5.11 Å². The molecule has 106 valence electrons. The van der Waals surface area contributed by atoms with Gasteiger partial charge >= 0.3 is 0 Å². The molecule has 0 radical (unpaired) electrons. The Morgan fingerprint density at radius 3 is 2.79 bits per heavy atom. The van der Waals surface area contributed by atoms with Gasteiger partial charge in [-0.25, -0.2) is 0 Å². The first kappa shape index (κ1) is 14.3. The average molecular weight is 265 g/mol. The Balaban J connectivity index is 1.48. The van der Waals surface area contributed by atoms with Crippen molar-refractivity contribution in [1.29, 1.82) is 0 Å². The maximum absolute atomic E-state index is 9.54. The van der Waals surface area contributed by atoms with E-state index >= 15 is 0 Å². The van der Waals surface area contributed by atoms with E-state index < -0.39 is 0 Å². The second-order valence-electron chi connectivity index (χ2n) is 4.87. The molecule has 4 heteroatoms. The summed E-state index contributed by atoms with van der Waals surface area (Å²) in [5.41, 5.74) is 0. The molecule has 1 saturated heterocycles. The van der Waals surface area contributed by atoms with Gasteiger partial charge in [0.1, 0.15) is 12.4 Å². The second kappa shape index (κ2) is 8.15. The Hall–Kier alpha value is -1.10. The van der Waals surface area contributed by atoms with E-state index in [4.69, 9.17) is 9.47 Å². The van der Waals surface area contributed by atoms with Crippen molar-refractivity contribution in [3.8, 4) is 5.75 Å². The molecule has 0 aliphatic carbocycles. The maximum Gasteiger partial charge on any atom is 0.119 e. The van der Waals surface area contributed by atoms with Crippen molar-refractivity contribution in [3.05, 3.63) is 30.3 Å². The lowest BCUT2D eigenvalue weighted by atomic mass is 10.1. The van der Waals surface area contributed by atoms with E-state index in [1.54, 1.807) is 0 Å². The lowest BCUT2D eigenvalue weighted by Crippen LogP contribution is -2.40. The molecule has 0 aromatic heterocycles. The van der Waals surface area contributed by atoms with Crippen molar-refractivity contribution in [2.75, 3.05) is 39.5 Å². The number of benzene rings is 1. The van der Waals surface area contributed by atoms with Gasteiger partial charge in [-0.1, -0.05) is 18.2 Å². The highest BCUT2D eigenvalue weighted by molar-refractivity contribution is 5.20. The second-order valence-corrected chi connectivity index (χ2v) is 4.87. The first-order valence-corrected chi connectivity index (χ1v) is 7.00. The van der Waals surface area contributed by atoms with Crippen molar-refractivity contribution in [1.82, 2.24) is 4.90 Å². The summed E-state index contributed by atoms with van der Waals surface area (Å²) < 4.78 is 11.1. The van der Waals surface area contributed by atoms with Crippen LogP contribution in [0.15, 0.2) is 30.3 Å². The van der Waals surface area contributed by atoms with Gasteiger partial charge in [-0.05, 0) is 31.5 Å². The summed E-state index contributed by atoms with van der Waals surface area (Å²) in [5, 5.41) is 9.54. The standard InChI is InChI=1S/C15H23NO3/c17-14-5-4-8-16(13-14)9-10-18-11-12-19-15-6-2-1-3-7-15/h1-3,6-7,14,17H,4-5,8-13H2/t14-/m1/s1. The molecule has 1 fully saturated rings. The molecule has 0 unspecified atom stereocenters. The molecule has 2 rings (SSSR count). The van der Waals surface area contributed by atoms with Crippen LogP contribution in [0.3, 0.4) is 0 Å². The zero-order valence-electron chi connectivity index (χ0n) is 11.3. The minimum atomic E-state index is -0.157. The Kier molecular flexibility index (Phi) is 6.14. The third-order valence-corrected chi connectivity index (χ3v) is 3.27. The predicted octanol–water partition coefficient (Wildman–Crippen LogP) is 1.54. The molecular weight excluding hydrogens is 242 g/mol. The quantitative estimate of drug-likeness (QED) is 0.759. The minimum Gasteiger partial charge on any atom is -0.491 e. The SMILES string of the molecule is O[C@@H]1CCCN(CCOCCOc2ccccc2)C1. The van der Waals surface area contributed by atoms with Crippen LogP contribution in [0, 0.1) is 0 Å². The molecule has 1 N–H and O–H groups in total. The van der Waals surface area contributed by atoms with Crippen molar-refractivity contribution >= 4 is 0 Å². The number of β-amino-alcohol motifs (C(OH)–C–C–N with tert-alkyl or cyclic N) is 1. The molecular formula is C15H23NO3. The largest absolute Gasteiger partial charge is 0.491 e. The van der Waals surface area contributed by atoms with E-state index in [0.29, 0.717) is 19.8 Å². The van der Waals surface area contributed by atoms with Crippen molar-refractivity contribution in [2.24, 2.45) is 0 Å². The highest BCUT2D eigenvalue weighted by Gasteiger charge is 2.16. The Labute approximate surface area is 114 Å². The first-order chi connectivity index (χ1) is 9.34. The fourth-order valence-corrected chi connectivity index (χ4v) is 2.27. The van der Waals surface area contributed by atoms with Crippen LogP contribution in [-0.4, -0.2) is 55.6 Å². The number of para-hydroxylation sites is 1. The lowest BCUT2D eigenvalue weighted by Gasteiger charge is -2.29. The van der Waals surface area contributed by atoms with Gasteiger partial charge in [0.15, 0.2) is 0 Å². The van der Waals surface area contributed by atoms with Crippen LogP contribution in [0.2, 0.25) is 0 Å². The Morgan fingerprint density at radius 2 is 2.00 bits per heavy atom. The molecule has 0 bridgehead atoms. The highest BCUT2D eigenvalue weighted by atomic mass is 16.5. The molecule has 0 saturated carbocycles. The van der Waals surface area contributed by atoms with Gasteiger partial charge in [-0.3, -0.25) is 4.90 Å². The predicted molar refractivity (Wildman–Crippen MR) is 74.4 cm³/mol. The number of rotatable bonds is 7. The van der Waals surface area contributed by atoms with Crippen molar-refractivity contribution < 1.29 is 14.6 Å². The van der Waals surface area contributed by atoms with Gasteiger partial charge in [0, 0.05) is 13.1 Å². The molecule has 1 aliphatic heterocycles. The normalized spacial score (nSPS) is 20.4. The number of piperidine rings is 1. The minimum absolute atomic E-state index is 0.157. The number of aliphatic hydroxyl groups excluding tert-OH is 1. The molecule has 0 amide bonds. The first-order valence-electron chi connectivity index (χ1n) is 7.00. The van der Waals surface area contributed by atoms with Gasteiger partial charge in [0.25, 0.3) is 0 Å². The number of aliphatic hydroxyl groups is 1. The summed E-state index contributed by atoms with van der Waals surface area (Å²) in [5.74, 6) is 0.880. The Morgan fingerprint density at radius 1 is 1.16 bits per heavy atom. The third-order valence-electron chi connectivity index (χ3n) is 3.27. The third kappa shape index (κ3) is 5.59. The Bertz CT molecular complexity index is 345. The van der Waals surface area contributed by atoms with Crippen LogP contribution >= 0.6 is 0 Å². The summed E-state index contributed by atoms with van der Waals surface area (Å²) in [6.45, 7) is 4.62. The van der Waals surface area contributed by atoms with Crippen LogP contribution in [0.4, 0.5) is 0 Å². The van der Waals surface area contributed by atoms with E-state index in [-0.39, 0.29) is 6.10 Å². The number of hydrogen-bond donors (Lipinski definition) is 1. The van der Waals surface area contributed by atoms with Crippen molar-refractivity contribution in [2.45, 2.75) is 18.9 Å². The summed E-state index contributed by atoms with van der Waals surface area (Å²) in [6, 6.07) is 9.76. The molecule has 1 aromatic carbocycles. The fraction of sp³-hybridized carbons (Fsp3) is 0.600. The van der Waals surface area contributed by atoms with Gasteiger partial charge in [-0.15, -0.1) is 0 Å².